The highest BCUT2D eigenvalue weighted by Gasteiger charge is 2.44. The molecule has 0 bridgehead atoms. The maximum atomic E-state index is 10.4. The molecule has 2 heterocycles. The fourth-order valence-electron chi connectivity index (χ4n) is 3.99. The van der Waals surface area contributed by atoms with Gasteiger partial charge in [0.2, 0.25) is 0 Å². The van der Waals surface area contributed by atoms with E-state index in [4.69, 9.17) is 25.8 Å². The molecular weight excluding hydrogens is 424 g/mol. The topological polar surface area (TPSA) is 109 Å². The number of halogens is 1. The fraction of sp³-hybridized carbons (Fsp3) is 0.478. The van der Waals surface area contributed by atoms with Crippen molar-refractivity contribution in [2.45, 2.75) is 49.5 Å². The van der Waals surface area contributed by atoms with Crippen molar-refractivity contribution < 1.29 is 34.6 Å². The molecule has 4 rings (SSSR count). The molecule has 2 fully saturated rings. The van der Waals surface area contributed by atoms with E-state index in [0.717, 1.165) is 29.9 Å². The van der Waals surface area contributed by atoms with Gasteiger partial charge in [-0.15, -0.1) is 0 Å². The molecule has 0 aromatic heterocycles. The summed E-state index contributed by atoms with van der Waals surface area (Å²) in [6.07, 6.45) is -4.46. The van der Waals surface area contributed by atoms with E-state index in [2.05, 4.69) is 0 Å². The molecule has 31 heavy (non-hydrogen) atoms. The summed E-state index contributed by atoms with van der Waals surface area (Å²) >= 11 is 6.40. The molecule has 8 heteroatoms. The molecule has 0 saturated carbocycles. The smallest absolute Gasteiger partial charge is 0.124 e. The Morgan fingerprint density at radius 1 is 1.00 bits per heavy atom. The van der Waals surface area contributed by atoms with Gasteiger partial charge in [-0.2, -0.15) is 0 Å². The molecule has 6 atom stereocenters. The molecule has 2 aromatic carbocycles. The zero-order valence-electron chi connectivity index (χ0n) is 16.9. The monoisotopic (exact) mass is 450 g/mol. The van der Waals surface area contributed by atoms with Gasteiger partial charge in [0.1, 0.15) is 42.4 Å². The minimum absolute atomic E-state index is 0.0931. The third-order valence-electron chi connectivity index (χ3n) is 5.80. The van der Waals surface area contributed by atoms with Gasteiger partial charge in [-0.05, 0) is 41.3 Å². The van der Waals surface area contributed by atoms with Crippen molar-refractivity contribution >= 4 is 11.6 Å². The third-order valence-corrected chi connectivity index (χ3v) is 6.17. The van der Waals surface area contributed by atoms with Crippen LogP contribution in [0.4, 0.5) is 0 Å². The molecule has 2 aliphatic heterocycles. The van der Waals surface area contributed by atoms with E-state index in [-0.39, 0.29) is 6.10 Å². The van der Waals surface area contributed by atoms with Crippen molar-refractivity contribution in [1.82, 2.24) is 0 Å². The van der Waals surface area contributed by atoms with Crippen LogP contribution in [0, 0.1) is 0 Å². The number of ether oxygens (including phenoxy) is 3. The van der Waals surface area contributed by atoms with Gasteiger partial charge in [0.15, 0.2) is 0 Å². The predicted octanol–water partition coefficient (Wildman–Crippen LogP) is 1.61. The number of benzene rings is 2. The highest BCUT2D eigenvalue weighted by Crippen LogP contribution is 2.34. The molecule has 0 amide bonds. The van der Waals surface area contributed by atoms with Crippen LogP contribution in [-0.4, -0.2) is 70.8 Å². The Labute approximate surface area is 185 Å². The van der Waals surface area contributed by atoms with Crippen LogP contribution in [0.1, 0.15) is 29.2 Å². The molecule has 2 unspecified atom stereocenters. The average Bonchev–Trinajstić information content (AvgIpc) is 3.28. The first kappa shape index (κ1) is 22.5. The Balaban J connectivity index is 1.49. The highest BCUT2D eigenvalue weighted by atomic mass is 35.5. The lowest BCUT2D eigenvalue weighted by Gasteiger charge is -2.40. The number of hydrogen-bond acceptors (Lipinski definition) is 7. The van der Waals surface area contributed by atoms with E-state index in [1.54, 1.807) is 12.1 Å². The number of aliphatic hydroxyl groups is 4. The van der Waals surface area contributed by atoms with Gasteiger partial charge in [0.05, 0.1) is 19.8 Å². The van der Waals surface area contributed by atoms with E-state index in [0.29, 0.717) is 23.6 Å². The van der Waals surface area contributed by atoms with Crippen LogP contribution in [0.15, 0.2) is 42.5 Å². The molecule has 2 saturated heterocycles. The molecule has 168 valence electrons. The van der Waals surface area contributed by atoms with Crippen LogP contribution in [-0.2, 0) is 15.9 Å². The third kappa shape index (κ3) is 5.04. The van der Waals surface area contributed by atoms with Crippen molar-refractivity contribution in [3.63, 3.8) is 0 Å². The Kier molecular flexibility index (Phi) is 7.13. The largest absolute Gasteiger partial charge is 0.488 e. The molecule has 2 aromatic rings. The second-order valence-electron chi connectivity index (χ2n) is 8.02. The number of rotatable bonds is 6. The van der Waals surface area contributed by atoms with Crippen molar-refractivity contribution in [2.24, 2.45) is 0 Å². The summed E-state index contributed by atoms with van der Waals surface area (Å²) in [5, 5.41) is 40.5. The van der Waals surface area contributed by atoms with E-state index >= 15 is 0 Å². The Bertz CT molecular complexity index is 867. The zero-order valence-corrected chi connectivity index (χ0v) is 17.7. The fourth-order valence-corrected chi connectivity index (χ4v) is 4.17. The Morgan fingerprint density at radius 2 is 1.77 bits per heavy atom. The normalized spacial score (nSPS) is 31.0. The Hall–Kier alpha value is -1.71. The van der Waals surface area contributed by atoms with Crippen LogP contribution >= 0.6 is 11.6 Å². The minimum Gasteiger partial charge on any atom is -0.488 e. The summed E-state index contributed by atoms with van der Waals surface area (Å²) in [5.74, 6) is 0.792. The van der Waals surface area contributed by atoms with E-state index in [1.165, 1.54) is 0 Å². The molecule has 0 aliphatic carbocycles. The van der Waals surface area contributed by atoms with Crippen LogP contribution in [0.3, 0.4) is 0 Å². The first-order valence-electron chi connectivity index (χ1n) is 10.4. The lowest BCUT2D eigenvalue weighted by molar-refractivity contribution is -0.231. The summed E-state index contributed by atoms with van der Waals surface area (Å²) in [6, 6.07) is 13.0. The van der Waals surface area contributed by atoms with Gasteiger partial charge in [-0.3, -0.25) is 0 Å². The van der Waals surface area contributed by atoms with Crippen molar-refractivity contribution in [1.29, 1.82) is 0 Å². The predicted molar refractivity (Wildman–Crippen MR) is 113 cm³/mol. The molecular formula is C23H27ClO7. The minimum atomic E-state index is -1.42. The van der Waals surface area contributed by atoms with Gasteiger partial charge in [-0.25, -0.2) is 0 Å². The zero-order chi connectivity index (χ0) is 22.0. The summed E-state index contributed by atoms with van der Waals surface area (Å²) in [6.45, 7) is 0.872. The van der Waals surface area contributed by atoms with Gasteiger partial charge >= 0.3 is 0 Å². The highest BCUT2D eigenvalue weighted by molar-refractivity contribution is 6.31. The standard InChI is InChI=1S/C23H27ClO7/c24-18-6-3-14(23-22(28)21(27)20(26)19(11-25)31-23)10-15(18)9-13-1-4-16(5-2-13)30-17-7-8-29-12-17/h1-6,10,17,19-23,25-28H,7-9,11-12H2/t17-,19+,20+,21?,22+,23?/m0/s1. The second-order valence-corrected chi connectivity index (χ2v) is 8.43. The summed E-state index contributed by atoms with van der Waals surface area (Å²) in [7, 11) is 0. The van der Waals surface area contributed by atoms with Gasteiger partial charge in [-0.1, -0.05) is 35.9 Å². The summed E-state index contributed by atoms with van der Waals surface area (Å²) in [4.78, 5) is 0. The number of aliphatic hydroxyl groups excluding tert-OH is 4. The maximum absolute atomic E-state index is 10.4. The van der Waals surface area contributed by atoms with Crippen LogP contribution < -0.4 is 4.74 Å². The molecule has 0 spiro atoms. The van der Waals surface area contributed by atoms with Crippen molar-refractivity contribution in [2.75, 3.05) is 19.8 Å². The molecule has 7 nitrogen and oxygen atoms in total. The lowest BCUT2D eigenvalue weighted by atomic mass is 9.90. The maximum Gasteiger partial charge on any atom is 0.124 e. The molecule has 4 N–H and O–H groups in total. The first-order chi connectivity index (χ1) is 15.0. The van der Waals surface area contributed by atoms with Gasteiger partial charge < -0.3 is 34.6 Å². The lowest BCUT2D eigenvalue weighted by Crippen LogP contribution is -2.55. The second kappa shape index (κ2) is 9.83. The van der Waals surface area contributed by atoms with E-state index in [9.17, 15) is 20.4 Å². The van der Waals surface area contributed by atoms with Gasteiger partial charge in [0.25, 0.3) is 0 Å². The van der Waals surface area contributed by atoms with Crippen LogP contribution in [0.25, 0.3) is 0 Å². The average molecular weight is 451 g/mol. The van der Waals surface area contributed by atoms with E-state index < -0.39 is 37.1 Å². The molecule has 2 aliphatic rings. The molecule has 0 radical (unpaired) electrons. The first-order valence-corrected chi connectivity index (χ1v) is 10.8. The van der Waals surface area contributed by atoms with Crippen molar-refractivity contribution in [3.8, 4) is 5.75 Å². The van der Waals surface area contributed by atoms with Crippen LogP contribution in [0.5, 0.6) is 5.75 Å². The SMILES string of the molecule is OC[C@H]1OC(c2ccc(Cl)c(Cc3ccc(O[C@H]4CCOC4)cc3)c2)[C@H](O)C(O)[C@@H]1O. The van der Waals surface area contributed by atoms with Crippen molar-refractivity contribution in [3.05, 3.63) is 64.2 Å². The summed E-state index contributed by atoms with van der Waals surface area (Å²) < 4.78 is 16.9. The van der Waals surface area contributed by atoms with Gasteiger partial charge in [0, 0.05) is 11.4 Å². The van der Waals surface area contributed by atoms with Crippen LogP contribution in [0.2, 0.25) is 5.02 Å². The quantitative estimate of drug-likeness (QED) is 0.529. The Morgan fingerprint density at radius 3 is 2.45 bits per heavy atom. The number of hydrogen-bond donors (Lipinski definition) is 4. The van der Waals surface area contributed by atoms with E-state index in [1.807, 2.05) is 30.3 Å². The summed E-state index contributed by atoms with van der Waals surface area (Å²) in [5.41, 5.74) is 2.47.